The van der Waals surface area contributed by atoms with E-state index in [9.17, 15) is 4.79 Å². The summed E-state index contributed by atoms with van der Waals surface area (Å²) in [5, 5.41) is 3.08. The van der Waals surface area contributed by atoms with Crippen LogP contribution in [0.4, 0.5) is 5.82 Å². The van der Waals surface area contributed by atoms with Crippen LogP contribution in [0, 0.1) is 6.92 Å². The van der Waals surface area contributed by atoms with E-state index in [1.165, 1.54) is 19.3 Å². The molecular formula is C13H20N4O. The summed E-state index contributed by atoms with van der Waals surface area (Å²) in [6.07, 6.45) is 5.85. The van der Waals surface area contributed by atoms with E-state index in [1.807, 2.05) is 6.92 Å². The smallest absolute Gasteiger partial charge is 0.251 e. The molecule has 0 saturated heterocycles. The van der Waals surface area contributed by atoms with Crippen molar-refractivity contribution in [2.24, 2.45) is 5.84 Å². The quantitative estimate of drug-likeness (QED) is 0.562. The number of carbonyl (C=O) groups is 1. The van der Waals surface area contributed by atoms with Crippen LogP contribution in [0.25, 0.3) is 0 Å². The van der Waals surface area contributed by atoms with E-state index < -0.39 is 0 Å². The standard InChI is InChI=1S/C13H20N4O/c1-9-7-10(8-12(15-9)17-14)13(18)16-11-5-3-2-4-6-11/h7-8,11H,2-6,14H2,1H3,(H,15,17)(H,16,18). The molecule has 1 aliphatic carbocycles. The Morgan fingerprint density at radius 3 is 2.72 bits per heavy atom. The van der Waals surface area contributed by atoms with Crippen LogP contribution in [-0.2, 0) is 0 Å². The number of aryl methyl sites for hydroxylation is 1. The van der Waals surface area contributed by atoms with Crippen LogP contribution in [0.15, 0.2) is 12.1 Å². The maximum atomic E-state index is 12.1. The highest BCUT2D eigenvalue weighted by molar-refractivity contribution is 5.95. The van der Waals surface area contributed by atoms with Gasteiger partial charge in [-0.15, -0.1) is 0 Å². The highest BCUT2D eigenvalue weighted by Crippen LogP contribution is 2.18. The fourth-order valence-corrected chi connectivity index (χ4v) is 2.39. The van der Waals surface area contributed by atoms with Crippen molar-refractivity contribution in [1.82, 2.24) is 10.3 Å². The highest BCUT2D eigenvalue weighted by Gasteiger charge is 2.17. The molecule has 0 aromatic carbocycles. The lowest BCUT2D eigenvalue weighted by Crippen LogP contribution is -2.36. The number of nitrogens with zero attached hydrogens (tertiary/aromatic N) is 1. The van der Waals surface area contributed by atoms with Gasteiger partial charge >= 0.3 is 0 Å². The maximum Gasteiger partial charge on any atom is 0.251 e. The predicted octanol–water partition coefficient (Wildman–Crippen LogP) is 1.74. The Kier molecular flexibility index (Phi) is 4.15. The molecule has 0 unspecified atom stereocenters. The molecular weight excluding hydrogens is 228 g/mol. The van der Waals surface area contributed by atoms with Crippen molar-refractivity contribution in [3.63, 3.8) is 0 Å². The molecule has 98 valence electrons. The minimum atomic E-state index is -0.0381. The third-order valence-electron chi connectivity index (χ3n) is 3.30. The van der Waals surface area contributed by atoms with E-state index in [2.05, 4.69) is 15.7 Å². The fraction of sp³-hybridized carbons (Fsp3) is 0.538. The van der Waals surface area contributed by atoms with Crippen LogP contribution in [0.3, 0.4) is 0 Å². The van der Waals surface area contributed by atoms with Gasteiger partial charge < -0.3 is 10.7 Å². The van der Waals surface area contributed by atoms with E-state index in [0.29, 0.717) is 17.4 Å². The number of aromatic nitrogens is 1. The lowest BCUT2D eigenvalue weighted by atomic mass is 9.95. The Labute approximate surface area is 107 Å². The number of nitrogens with one attached hydrogen (secondary N) is 2. The molecule has 1 aliphatic rings. The number of nitrogen functional groups attached to an aromatic ring is 1. The van der Waals surface area contributed by atoms with Gasteiger partial charge in [-0.3, -0.25) is 4.79 Å². The van der Waals surface area contributed by atoms with Crippen molar-refractivity contribution in [1.29, 1.82) is 0 Å². The molecule has 5 heteroatoms. The third kappa shape index (κ3) is 3.20. The van der Waals surface area contributed by atoms with Gasteiger partial charge in [0, 0.05) is 17.3 Å². The van der Waals surface area contributed by atoms with Crippen molar-refractivity contribution in [3.8, 4) is 0 Å². The van der Waals surface area contributed by atoms with Gasteiger partial charge in [0.05, 0.1) is 0 Å². The summed E-state index contributed by atoms with van der Waals surface area (Å²) in [6, 6.07) is 3.76. The molecule has 1 amide bonds. The monoisotopic (exact) mass is 248 g/mol. The predicted molar refractivity (Wildman–Crippen MR) is 71.1 cm³/mol. The number of carbonyl (C=O) groups excluding carboxylic acids is 1. The van der Waals surface area contributed by atoms with Crippen molar-refractivity contribution in [2.45, 2.75) is 45.1 Å². The summed E-state index contributed by atoms with van der Waals surface area (Å²) in [5.74, 6) is 5.81. The van der Waals surface area contributed by atoms with Crippen molar-refractivity contribution < 1.29 is 4.79 Å². The number of hydrogen-bond donors (Lipinski definition) is 3. The summed E-state index contributed by atoms with van der Waals surface area (Å²) < 4.78 is 0. The Balaban J connectivity index is 2.05. The normalized spacial score (nSPS) is 16.3. The largest absolute Gasteiger partial charge is 0.349 e. The molecule has 0 atom stereocenters. The number of hydrogen-bond acceptors (Lipinski definition) is 4. The first kappa shape index (κ1) is 12.8. The topological polar surface area (TPSA) is 80.0 Å². The first-order chi connectivity index (χ1) is 8.69. The van der Waals surface area contributed by atoms with Crippen LogP contribution in [0.1, 0.15) is 48.2 Å². The summed E-state index contributed by atoms with van der Waals surface area (Å²) in [6.45, 7) is 1.85. The van der Waals surface area contributed by atoms with Gasteiger partial charge in [0.2, 0.25) is 0 Å². The molecule has 0 bridgehead atoms. The molecule has 0 radical (unpaired) electrons. The minimum absolute atomic E-state index is 0.0381. The van der Waals surface area contributed by atoms with Gasteiger partial charge in [-0.2, -0.15) is 0 Å². The highest BCUT2D eigenvalue weighted by atomic mass is 16.1. The summed E-state index contributed by atoms with van der Waals surface area (Å²) >= 11 is 0. The van der Waals surface area contributed by atoms with Gasteiger partial charge in [0.15, 0.2) is 0 Å². The first-order valence-corrected chi connectivity index (χ1v) is 6.45. The van der Waals surface area contributed by atoms with Gasteiger partial charge in [0.1, 0.15) is 5.82 Å². The SMILES string of the molecule is Cc1cc(C(=O)NC2CCCCC2)cc(NN)n1. The number of anilines is 1. The first-order valence-electron chi connectivity index (χ1n) is 6.45. The van der Waals surface area contributed by atoms with E-state index in [4.69, 9.17) is 5.84 Å². The van der Waals surface area contributed by atoms with Gasteiger partial charge in [0.25, 0.3) is 5.91 Å². The summed E-state index contributed by atoms with van der Waals surface area (Å²) in [7, 11) is 0. The van der Waals surface area contributed by atoms with Gasteiger partial charge in [-0.25, -0.2) is 10.8 Å². The molecule has 1 heterocycles. The second-order valence-corrected chi connectivity index (χ2v) is 4.84. The second kappa shape index (κ2) is 5.82. The average Bonchev–Trinajstić information content (AvgIpc) is 2.39. The van der Waals surface area contributed by atoms with Crippen LogP contribution < -0.4 is 16.6 Å². The van der Waals surface area contributed by atoms with Crippen LogP contribution in [0.5, 0.6) is 0 Å². The van der Waals surface area contributed by atoms with Crippen LogP contribution in [-0.4, -0.2) is 16.9 Å². The zero-order chi connectivity index (χ0) is 13.0. The molecule has 5 nitrogen and oxygen atoms in total. The number of amides is 1. The molecule has 18 heavy (non-hydrogen) atoms. The Hall–Kier alpha value is -1.62. The van der Waals surface area contributed by atoms with Gasteiger partial charge in [-0.05, 0) is 31.9 Å². The maximum absolute atomic E-state index is 12.1. The average molecular weight is 248 g/mol. The molecule has 0 spiro atoms. The third-order valence-corrected chi connectivity index (χ3v) is 3.30. The zero-order valence-corrected chi connectivity index (χ0v) is 10.7. The number of rotatable bonds is 3. The van der Waals surface area contributed by atoms with Crippen molar-refractivity contribution >= 4 is 11.7 Å². The Morgan fingerprint density at radius 2 is 2.06 bits per heavy atom. The molecule has 1 aromatic heterocycles. The lowest BCUT2D eigenvalue weighted by molar-refractivity contribution is 0.0927. The number of pyridine rings is 1. The van der Waals surface area contributed by atoms with E-state index in [0.717, 1.165) is 18.5 Å². The van der Waals surface area contributed by atoms with Crippen molar-refractivity contribution in [2.75, 3.05) is 5.43 Å². The van der Waals surface area contributed by atoms with E-state index in [1.54, 1.807) is 12.1 Å². The van der Waals surface area contributed by atoms with Crippen LogP contribution >= 0.6 is 0 Å². The van der Waals surface area contributed by atoms with E-state index >= 15 is 0 Å². The van der Waals surface area contributed by atoms with Gasteiger partial charge in [-0.1, -0.05) is 19.3 Å². The molecule has 1 aromatic rings. The Morgan fingerprint density at radius 1 is 1.33 bits per heavy atom. The molecule has 2 rings (SSSR count). The van der Waals surface area contributed by atoms with Crippen LogP contribution in [0.2, 0.25) is 0 Å². The number of hydrazine groups is 1. The summed E-state index contributed by atoms with van der Waals surface area (Å²) in [5.41, 5.74) is 3.86. The number of nitrogens with two attached hydrogens (primary N) is 1. The second-order valence-electron chi connectivity index (χ2n) is 4.84. The lowest BCUT2D eigenvalue weighted by Gasteiger charge is -2.22. The fourth-order valence-electron chi connectivity index (χ4n) is 2.39. The minimum Gasteiger partial charge on any atom is -0.349 e. The summed E-state index contributed by atoms with van der Waals surface area (Å²) in [4.78, 5) is 16.3. The Bertz CT molecular complexity index is 427. The van der Waals surface area contributed by atoms with Crippen molar-refractivity contribution in [3.05, 3.63) is 23.4 Å². The van der Waals surface area contributed by atoms with E-state index in [-0.39, 0.29) is 5.91 Å². The molecule has 4 N–H and O–H groups in total. The molecule has 0 aliphatic heterocycles. The molecule has 1 fully saturated rings. The molecule has 1 saturated carbocycles. The zero-order valence-electron chi connectivity index (χ0n) is 10.7.